The van der Waals surface area contributed by atoms with E-state index in [9.17, 15) is 31.5 Å². The lowest BCUT2D eigenvalue weighted by molar-refractivity contribution is -0.133. The first kappa shape index (κ1) is 24.3. The van der Waals surface area contributed by atoms with Gasteiger partial charge < -0.3 is 19.1 Å². The number of para-hydroxylation sites is 1. The minimum Gasteiger partial charge on any atom is -0.493 e. The maximum atomic E-state index is 13.1. The fraction of sp³-hybridized carbons (Fsp3) is 0.143. The van der Waals surface area contributed by atoms with Crippen LogP contribution < -0.4 is 17.9 Å². The molecule has 0 saturated heterocycles. The van der Waals surface area contributed by atoms with Crippen LogP contribution in [0.4, 0.5) is 5.69 Å². The summed E-state index contributed by atoms with van der Waals surface area (Å²) in [6, 6.07) is 12.5. The van der Waals surface area contributed by atoms with Crippen molar-refractivity contribution in [3.63, 3.8) is 0 Å². The second kappa shape index (κ2) is 8.72. The number of carbonyl (C=O) groups excluding carboxylic acids is 1. The summed E-state index contributed by atoms with van der Waals surface area (Å²) in [5.41, 5.74) is 0.657. The van der Waals surface area contributed by atoms with Crippen LogP contribution in [0.25, 0.3) is 11.3 Å². The molecule has 2 aromatic carbocycles. The van der Waals surface area contributed by atoms with E-state index in [1.807, 2.05) is 0 Å². The predicted molar refractivity (Wildman–Crippen MR) is 123 cm³/mol. The number of aromatic carboxylic acids is 1. The van der Waals surface area contributed by atoms with Gasteiger partial charge in [-0.25, -0.2) is 22.3 Å². The molecule has 184 valence electrons. The summed E-state index contributed by atoms with van der Waals surface area (Å²) < 4.78 is 66.0. The highest BCUT2D eigenvalue weighted by molar-refractivity contribution is 8.05. The predicted octanol–water partition coefficient (Wildman–Crippen LogP) is 1.35. The molecular formula is C21H19N3O9S2. The third kappa shape index (κ3) is 4.45. The summed E-state index contributed by atoms with van der Waals surface area (Å²) in [5.74, 6) is -2.15. The first-order chi connectivity index (χ1) is 16.4. The van der Waals surface area contributed by atoms with Crippen LogP contribution in [0.5, 0.6) is 11.5 Å². The lowest BCUT2D eigenvalue weighted by Crippen LogP contribution is -2.48. The Hall–Kier alpha value is -3.88. The maximum Gasteiger partial charge on any atom is 0.352 e. The second-order valence-electron chi connectivity index (χ2n) is 7.38. The van der Waals surface area contributed by atoms with Gasteiger partial charge in [0.25, 0.3) is 10.0 Å². The van der Waals surface area contributed by atoms with E-state index >= 15 is 0 Å². The number of hydrogen-bond acceptors (Lipinski definition) is 8. The number of methoxy groups -OCH3 is 1. The molecule has 0 atom stereocenters. The lowest BCUT2D eigenvalue weighted by atomic mass is 10.1. The number of rotatable bonds is 7. The topological polar surface area (TPSA) is 161 Å². The van der Waals surface area contributed by atoms with Gasteiger partial charge in [0, 0.05) is 12.7 Å². The Morgan fingerprint density at radius 1 is 1.09 bits per heavy atom. The molecule has 0 saturated carbocycles. The smallest absolute Gasteiger partial charge is 0.352 e. The number of sulfonamides is 1. The van der Waals surface area contributed by atoms with Crippen LogP contribution in [0.3, 0.4) is 0 Å². The van der Waals surface area contributed by atoms with Crippen molar-refractivity contribution in [2.45, 2.75) is 4.90 Å². The molecule has 0 aliphatic carbocycles. The summed E-state index contributed by atoms with van der Waals surface area (Å²) in [6.45, 7) is -0.758. The van der Waals surface area contributed by atoms with Crippen molar-refractivity contribution in [3.8, 4) is 22.8 Å². The Bertz CT molecular complexity index is 1560. The lowest BCUT2D eigenvalue weighted by Gasteiger charge is -2.29. The summed E-state index contributed by atoms with van der Waals surface area (Å²) in [5, 5.41) is 9.24. The average Bonchev–Trinajstić information content (AvgIpc) is 3.19. The Kier molecular flexibility index (Phi) is 6.04. The van der Waals surface area contributed by atoms with Gasteiger partial charge in [0.05, 0.1) is 12.0 Å². The van der Waals surface area contributed by atoms with E-state index in [-0.39, 0.29) is 27.8 Å². The standard InChI is InChI=1S/C21H19N3O9S2/c1-23-15(9-10-17(23)21(26)27)13-5-3-6-14(11-13)34(28,29)22-35(30,31)24-12-19(25)33-20-16(24)7-4-8-18(20)32-2/h3-11,22H,12H2,1-2H3,(H,26,27). The fourth-order valence-corrected chi connectivity index (χ4v) is 6.67. The molecule has 0 fully saturated rings. The Balaban J connectivity index is 1.70. The highest BCUT2D eigenvalue weighted by atomic mass is 32.3. The fourth-order valence-electron chi connectivity index (χ4n) is 3.60. The number of carbonyl (C=O) groups is 2. The minimum absolute atomic E-state index is 0.0139. The number of carboxylic acids is 1. The largest absolute Gasteiger partial charge is 0.493 e. The van der Waals surface area contributed by atoms with E-state index in [4.69, 9.17) is 9.47 Å². The normalized spacial score (nSPS) is 13.8. The van der Waals surface area contributed by atoms with Crippen LogP contribution >= 0.6 is 0 Å². The van der Waals surface area contributed by atoms with Crippen molar-refractivity contribution in [1.82, 2.24) is 8.69 Å². The van der Waals surface area contributed by atoms with E-state index in [0.717, 1.165) is 0 Å². The zero-order valence-electron chi connectivity index (χ0n) is 18.3. The number of aromatic nitrogens is 1. The molecule has 1 aromatic heterocycles. The average molecular weight is 522 g/mol. The molecule has 3 aromatic rings. The van der Waals surface area contributed by atoms with Crippen LogP contribution in [0.1, 0.15) is 10.5 Å². The van der Waals surface area contributed by atoms with Crippen molar-refractivity contribution < 1.29 is 41.0 Å². The molecule has 4 rings (SSSR count). The number of carboxylic acid groups (broad SMARTS) is 1. The zero-order chi connectivity index (χ0) is 25.5. The van der Waals surface area contributed by atoms with Gasteiger partial charge in [-0.3, -0.25) is 0 Å². The molecule has 0 amide bonds. The quantitative estimate of drug-likeness (QED) is 0.345. The molecule has 1 aliphatic rings. The number of hydrogen-bond donors (Lipinski definition) is 2. The van der Waals surface area contributed by atoms with Crippen molar-refractivity contribution in [3.05, 3.63) is 60.3 Å². The Morgan fingerprint density at radius 2 is 1.80 bits per heavy atom. The molecule has 0 spiro atoms. The number of esters is 1. The highest BCUT2D eigenvalue weighted by Gasteiger charge is 2.37. The number of benzene rings is 2. The molecule has 0 radical (unpaired) electrons. The first-order valence-corrected chi connectivity index (χ1v) is 12.8. The number of anilines is 1. The summed E-state index contributed by atoms with van der Waals surface area (Å²) in [6.07, 6.45) is 0. The molecule has 1 aliphatic heterocycles. The molecule has 0 unspecified atom stereocenters. The molecule has 0 bridgehead atoms. The molecule has 2 heterocycles. The van der Waals surface area contributed by atoms with Crippen LogP contribution in [-0.4, -0.2) is 52.1 Å². The molecule has 14 heteroatoms. The van der Waals surface area contributed by atoms with Gasteiger partial charge in [0.15, 0.2) is 11.5 Å². The van der Waals surface area contributed by atoms with Gasteiger partial charge in [-0.15, -0.1) is 0 Å². The number of nitrogens with zero attached hydrogens (tertiary/aromatic N) is 2. The van der Waals surface area contributed by atoms with Crippen molar-refractivity contribution in [1.29, 1.82) is 0 Å². The van der Waals surface area contributed by atoms with Crippen LogP contribution in [-0.2, 0) is 32.1 Å². The summed E-state index contributed by atoms with van der Waals surface area (Å²) in [4.78, 5) is 23.0. The zero-order valence-corrected chi connectivity index (χ0v) is 20.0. The molecular weight excluding hydrogens is 502 g/mol. The van der Waals surface area contributed by atoms with Gasteiger partial charge in [0.2, 0.25) is 0 Å². The van der Waals surface area contributed by atoms with Crippen molar-refractivity contribution >= 4 is 37.9 Å². The number of fused-ring (bicyclic) bond motifs is 1. The first-order valence-electron chi connectivity index (χ1n) is 9.88. The van der Waals surface area contributed by atoms with Crippen LogP contribution in [0.15, 0.2) is 59.5 Å². The maximum absolute atomic E-state index is 13.1. The number of ether oxygens (including phenoxy) is 2. The van der Waals surface area contributed by atoms with E-state index < -0.39 is 38.7 Å². The SMILES string of the molecule is COc1cccc2c1OC(=O)CN2S(=O)(=O)NS(=O)(=O)c1cccc(-c2ccc(C(=O)O)n2C)c1. The van der Waals surface area contributed by atoms with E-state index in [0.29, 0.717) is 15.6 Å². The third-order valence-corrected chi connectivity index (χ3v) is 8.72. The van der Waals surface area contributed by atoms with Crippen molar-refractivity contribution in [2.75, 3.05) is 18.0 Å². The summed E-state index contributed by atoms with van der Waals surface area (Å²) in [7, 11) is -6.63. The molecule has 35 heavy (non-hydrogen) atoms. The van der Waals surface area contributed by atoms with E-state index in [1.54, 1.807) is 10.2 Å². The molecule has 12 nitrogen and oxygen atoms in total. The van der Waals surface area contributed by atoms with Crippen molar-refractivity contribution in [2.24, 2.45) is 7.05 Å². The van der Waals surface area contributed by atoms with Gasteiger partial charge in [-0.05, 0) is 42.0 Å². The highest BCUT2D eigenvalue weighted by Crippen LogP contribution is 2.41. The van der Waals surface area contributed by atoms with Crippen LogP contribution in [0, 0.1) is 0 Å². The monoisotopic (exact) mass is 521 g/mol. The number of nitrogens with one attached hydrogen (secondary N) is 1. The van der Waals surface area contributed by atoms with Gasteiger partial charge in [-0.2, -0.15) is 8.42 Å². The second-order valence-corrected chi connectivity index (χ2v) is 10.9. The molecule has 2 N–H and O–H groups in total. The van der Waals surface area contributed by atoms with Gasteiger partial charge >= 0.3 is 22.1 Å². The van der Waals surface area contributed by atoms with E-state index in [1.165, 1.54) is 67.3 Å². The van der Waals surface area contributed by atoms with E-state index in [2.05, 4.69) is 0 Å². The summed E-state index contributed by atoms with van der Waals surface area (Å²) >= 11 is 0. The third-order valence-electron chi connectivity index (χ3n) is 5.22. The van der Waals surface area contributed by atoms with Gasteiger partial charge in [-0.1, -0.05) is 22.3 Å². The van der Waals surface area contributed by atoms with Gasteiger partial charge in [0.1, 0.15) is 17.9 Å². The van der Waals surface area contributed by atoms with Crippen LogP contribution in [0.2, 0.25) is 0 Å². The Labute approximate surface area is 200 Å². The Morgan fingerprint density at radius 3 is 2.46 bits per heavy atom. The minimum atomic E-state index is -4.80.